The third-order valence-electron chi connectivity index (χ3n) is 6.45. The highest BCUT2D eigenvalue weighted by atomic mass is 32.1. The molecule has 1 aromatic carbocycles. The number of rotatable bonds is 7. The summed E-state index contributed by atoms with van der Waals surface area (Å²) < 4.78 is 0. The summed E-state index contributed by atoms with van der Waals surface area (Å²) in [4.78, 5) is 9.83. The highest BCUT2D eigenvalue weighted by Crippen LogP contribution is 2.35. The maximum Gasteiger partial charge on any atom is 0.135 e. The lowest BCUT2D eigenvalue weighted by atomic mass is 9.92. The zero-order valence-corrected chi connectivity index (χ0v) is 22.5. The first-order chi connectivity index (χ1) is 17.8. The number of hydrogen-bond donors (Lipinski definition) is 3. The number of aromatic nitrogens is 4. The number of thiophene rings is 1. The number of benzene rings is 1. The number of allylic oxidation sites excluding steroid dienone is 5. The summed E-state index contributed by atoms with van der Waals surface area (Å²) in [6.07, 6.45) is 5.90. The van der Waals surface area contributed by atoms with E-state index in [0.29, 0.717) is 0 Å². The van der Waals surface area contributed by atoms with E-state index in [4.69, 9.17) is 4.98 Å². The summed E-state index contributed by atoms with van der Waals surface area (Å²) in [5.74, 6) is 0. The summed E-state index contributed by atoms with van der Waals surface area (Å²) in [6.45, 7) is 16.6. The molecule has 0 unspecified atom stereocenters. The maximum absolute atomic E-state index is 5.03. The molecule has 0 aliphatic rings. The molecule has 3 N–H and O–H groups in total. The minimum Gasteiger partial charge on any atom is -0.359 e. The van der Waals surface area contributed by atoms with Crippen LogP contribution in [0.15, 0.2) is 96.7 Å². The van der Waals surface area contributed by atoms with Gasteiger partial charge in [-0.25, -0.2) is 4.98 Å². The molecule has 0 bridgehead atoms. The van der Waals surface area contributed by atoms with Crippen molar-refractivity contribution in [3.63, 3.8) is 0 Å². The van der Waals surface area contributed by atoms with Gasteiger partial charge >= 0.3 is 0 Å². The van der Waals surface area contributed by atoms with E-state index in [-0.39, 0.29) is 5.41 Å². The van der Waals surface area contributed by atoms with E-state index >= 15 is 0 Å². The maximum atomic E-state index is 5.03. The Morgan fingerprint density at radius 2 is 1.92 bits per heavy atom. The predicted molar refractivity (Wildman–Crippen MR) is 158 cm³/mol. The van der Waals surface area contributed by atoms with Crippen molar-refractivity contribution in [1.29, 1.82) is 0 Å². The molecule has 5 aromatic rings. The molecule has 0 fully saturated rings. The smallest absolute Gasteiger partial charge is 0.135 e. The number of hydrogen-bond acceptors (Lipinski definition) is 4. The first-order valence-electron chi connectivity index (χ1n) is 12.3. The number of aromatic amines is 2. The average molecular weight is 506 g/mol. The monoisotopic (exact) mass is 505 g/mol. The van der Waals surface area contributed by atoms with Crippen LogP contribution in [0.25, 0.3) is 49.3 Å². The van der Waals surface area contributed by atoms with Gasteiger partial charge in [-0.2, -0.15) is 5.10 Å². The normalized spacial score (nSPS) is 12.9. The molecule has 186 valence electrons. The van der Waals surface area contributed by atoms with Gasteiger partial charge in [0.1, 0.15) is 11.2 Å². The number of H-pyrrole nitrogens is 2. The quantitative estimate of drug-likeness (QED) is 0.194. The third kappa shape index (κ3) is 4.80. The highest BCUT2D eigenvalue weighted by Gasteiger charge is 2.17. The Morgan fingerprint density at radius 1 is 1.08 bits per heavy atom. The van der Waals surface area contributed by atoms with Gasteiger partial charge in [-0.05, 0) is 60.4 Å². The predicted octanol–water partition coefficient (Wildman–Crippen LogP) is 8.46. The zero-order valence-electron chi connectivity index (χ0n) is 21.6. The van der Waals surface area contributed by atoms with Crippen molar-refractivity contribution in [1.82, 2.24) is 25.5 Å². The van der Waals surface area contributed by atoms with Gasteiger partial charge in [-0.1, -0.05) is 58.2 Å². The van der Waals surface area contributed by atoms with Crippen LogP contribution >= 0.6 is 11.3 Å². The Labute approximate surface area is 221 Å². The molecule has 0 aliphatic heterocycles. The number of nitrogens with one attached hydrogen (secondary N) is 3. The fraction of sp³-hybridized carbons (Fsp3) is 0.161. The van der Waals surface area contributed by atoms with Gasteiger partial charge in [0.25, 0.3) is 0 Å². The Morgan fingerprint density at radius 3 is 2.62 bits per heavy atom. The van der Waals surface area contributed by atoms with E-state index in [9.17, 15) is 0 Å². The summed E-state index contributed by atoms with van der Waals surface area (Å²) in [7, 11) is 0. The molecular weight excluding hydrogens is 474 g/mol. The largest absolute Gasteiger partial charge is 0.359 e. The summed E-state index contributed by atoms with van der Waals surface area (Å²) in [5.41, 5.74) is 9.30. The molecule has 0 radical (unpaired) electrons. The summed E-state index contributed by atoms with van der Waals surface area (Å²) >= 11 is 1.74. The number of fused-ring (bicyclic) bond motifs is 2. The van der Waals surface area contributed by atoms with Gasteiger partial charge in [0, 0.05) is 38.2 Å². The van der Waals surface area contributed by atoms with E-state index in [1.807, 2.05) is 25.1 Å². The molecular formula is C31H31N5S. The molecule has 5 rings (SSSR count). The fourth-order valence-electron chi connectivity index (χ4n) is 4.16. The molecule has 0 saturated carbocycles. The first-order valence-corrected chi connectivity index (χ1v) is 13.1. The van der Waals surface area contributed by atoms with Gasteiger partial charge in [0.05, 0.1) is 16.9 Å². The lowest BCUT2D eigenvalue weighted by Gasteiger charge is -2.23. The third-order valence-corrected chi connectivity index (χ3v) is 7.35. The van der Waals surface area contributed by atoms with Gasteiger partial charge in [0.15, 0.2) is 0 Å². The zero-order chi connectivity index (χ0) is 26.2. The summed E-state index contributed by atoms with van der Waals surface area (Å²) in [5, 5.41) is 14.5. The average Bonchev–Trinajstić information content (AvgIpc) is 3.64. The van der Waals surface area contributed by atoms with Crippen molar-refractivity contribution in [2.45, 2.75) is 27.7 Å². The second kappa shape index (κ2) is 9.71. The van der Waals surface area contributed by atoms with Crippen LogP contribution in [0.3, 0.4) is 0 Å². The molecule has 0 saturated heterocycles. The SMILES string of the molecule is C=C/C(=C\C(=C/C)c1ccc2[nH]nc(-c3cc4c(-c5cccs5)cccc4[nH]3)c2n1)NC(=C)C(C)(C)C. The van der Waals surface area contributed by atoms with E-state index < -0.39 is 0 Å². The van der Waals surface area contributed by atoms with Gasteiger partial charge < -0.3 is 10.3 Å². The Hall–Kier alpha value is -4.16. The molecule has 0 spiro atoms. The van der Waals surface area contributed by atoms with E-state index in [0.717, 1.165) is 50.6 Å². The van der Waals surface area contributed by atoms with Crippen molar-refractivity contribution in [2.75, 3.05) is 0 Å². The van der Waals surface area contributed by atoms with Crippen molar-refractivity contribution >= 4 is 38.8 Å². The second-order valence-corrected chi connectivity index (χ2v) is 10.9. The van der Waals surface area contributed by atoms with Crippen LogP contribution < -0.4 is 5.32 Å². The topological polar surface area (TPSA) is 69.4 Å². The van der Waals surface area contributed by atoms with Crippen LogP contribution in [0.5, 0.6) is 0 Å². The minimum absolute atomic E-state index is 0.0655. The molecule has 37 heavy (non-hydrogen) atoms. The summed E-state index contributed by atoms with van der Waals surface area (Å²) in [6, 6.07) is 16.8. The van der Waals surface area contributed by atoms with Crippen LogP contribution in [0.1, 0.15) is 33.4 Å². The fourth-order valence-corrected chi connectivity index (χ4v) is 4.92. The van der Waals surface area contributed by atoms with E-state index in [2.05, 4.69) is 102 Å². The molecule has 4 aromatic heterocycles. The van der Waals surface area contributed by atoms with Gasteiger partial charge in [0.2, 0.25) is 0 Å². The van der Waals surface area contributed by atoms with Gasteiger partial charge in [-0.15, -0.1) is 11.3 Å². The van der Waals surface area contributed by atoms with E-state index in [1.165, 1.54) is 15.8 Å². The van der Waals surface area contributed by atoms with E-state index in [1.54, 1.807) is 17.4 Å². The Bertz CT molecular complexity index is 1670. The molecule has 6 heteroatoms. The molecule has 5 nitrogen and oxygen atoms in total. The van der Waals surface area contributed by atoms with Crippen molar-refractivity contribution in [2.24, 2.45) is 5.41 Å². The van der Waals surface area contributed by atoms with Gasteiger partial charge in [-0.3, -0.25) is 5.10 Å². The van der Waals surface area contributed by atoms with Crippen molar-refractivity contribution < 1.29 is 0 Å². The number of nitrogens with zero attached hydrogens (tertiary/aromatic N) is 2. The lowest BCUT2D eigenvalue weighted by Crippen LogP contribution is -2.22. The second-order valence-electron chi connectivity index (χ2n) is 9.99. The first kappa shape index (κ1) is 24.5. The Balaban J connectivity index is 1.54. The van der Waals surface area contributed by atoms with Crippen molar-refractivity contribution in [3.8, 4) is 21.8 Å². The van der Waals surface area contributed by atoms with Crippen molar-refractivity contribution in [3.05, 3.63) is 102 Å². The highest BCUT2D eigenvalue weighted by molar-refractivity contribution is 7.13. The number of pyridine rings is 1. The lowest BCUT2D eigenvalue weighted by molar-refractivity contribution is 0.478. The van der Waals surface area contributed by atoms with Crippen LogP contribution in [0, 0.1) is 5.41 Å². The van der Waals surface area contributed by atoms with Crippen LogP contribution in [-0.4, -0.2) is 20.2 Å². The standard InChI is InChI=1S/C31H31N5S/c1-7-20(17-21(8-2)32-19(3)31(4,5)6)24-14-15-26-29(34-24)30(36-35-26)27-18-23-22(28-13-10-16-37-28)11-9-12-25(23)33-27/h7-18,32-33H,2-3H2,1,4-6H3,(H,35,36)/b20-7+,21-17+. The van der Waals surface area contributed by atoms with Crippen LogP contribution in [0.4, 0.5) is 0 Å². The minimum atomic E-state index is -0.0655. The molecule has 0 atom stereocenters. The Kier molecular flexibility index (Phi) is 6.44. The molecule has 0 amide bonds. The molecule has 0 aliphatic carbocycles. The van der Waals surface area contributed by atoms with Crippen LogP contribution in [0.2, 0.25) is 0 Å². The van der Waals surface area contributed by atoms with Crippen LogP contribution in [-0.2, 0) is 0 Å². The molecule has 4 heterocycles.